The Morgan fingerprint density at radius 3 is 1.38 bits per heavy atom. The highest BCUT2D eigenvalue weighted by molar-refractivity contribution is 8.77. The molecule has 0 aliphatic carbocycles. The molecule has 0 rings (SSSR count). The lowest BCUT2D eigenvalue weighted by Gasteiger charge is -2.13. The van der Waals surface area contributed by atoms with Gasteiger partial charge in [-0.1, -0.05) is 43.2 Å². The van der Waals surface area contributed by atoms with Crippen molar-refractivity contribution in [2.24, 2.45) is 0 Å². The zero-order valence-corrected chi connectivity index (χ0v) is 16.9. The molecule has 0 aromatic carbocycles. The third-order valence-corrected chi connectivity index (χ3v) is 7.86. The van der Waals surface area contributed by atoms with E-state index in [0.717, 1.165) is 36.2 Å². The molecule has 0 unspecified atom stereocenters. The van der Waals surface area contributed by atoms with Crippen LogP contribution in [0.1, 0.15) is 0 Å². The number of hydrogen-bond acceptors (Lipinski definition) is 9. The molecule has 21 heavy (non-hydrogen) atoms. The molecule has 0 saturated heterocycles. The van der Waals surface area contributed by atoms with Crippen LogP contribution in [0, 0.1) is 0 Å². The maximum absolute atomic E-state index is 12.0. The molecule has 0 bridgehead atoms. The van der Waals surface area contributed by atoms with Crippen molar-refractivity contribution in [1.82, 2.24) is 0 Å². The third-order valence-electron chi connectivity index (χ3n) is 1.89. The van der Waals surface area contributed by atoms with E-state index in [1.165, 1.54) is 6.66 Å². The number of hydrogen-bond donors (Lipinski definition) is 0. The van der Waals surface area contributed by atoms with Gasteiger partial charge < -0.3 is 18.5 Å². The highest BCUT2D eigenvalue weighted by atomic mass is 33.1. The summed E-state index contributed by atoms with van der Waals surface area (Å²) in [6, 6.07) is 0. The lowest BCUT2D eigenvalue weighted by atomic mass is 10.9. The van der Waals surface area contributed by atoms with E-state index >= 15 is 0 Å². The number of rotatable bonds is 16. The molecule has 0 amide bonds. The van der Waals surface area contributed by atoms with Gasteiger partial charge in [-0.25, -0.2) is 0 Å². The minimum Gasteiger partial charge on any atom is -0.384 e. The van der Waals surface area contributed by atoms with Gasteiger partial charge in [-0.15, -0.1) is 0 Å². The molecule has 0 aromatic rings. The molecular weight excluding hydrogens is 371 g/mol. The Hall–Kier alpha value is 1.47. The van der Waals surface area contributed by atoms with Crippen LogP contribution in [0.15, 0.2) is 0 Å². The maximum Gasteiger partial charge on any atom is 0.327 e. The van der Waals surface area contributed by atoms with E-state index in [9.17, 15) is 4.57 Å². The van der Waals surface area contributed by atoms with Crippen molar-refractivity contribution in [2.45, 2.75) is 0 Å². The molecule has 0 aliphatic rings. The first-order valence-corrected chi connectivity index (χ1v) is 13.4. The van der Waals surface area contributed by atoms with Gasteiger partial charge in [0.25, 0.3) is 0 Å². The maximum atomic E-state index is 12.0. The van der Waals surface area contributed by atoms with E-state index < -0.39 is 7.60 Å². The Morgan fingerprint density at radius 2 is 1.05 bits per heavy atom. The zero-order chi connectivity index (χ0) is 15.8. The summed E-state index contributed by atoms with van der Waals surface area (Å²) in [6.45, 7) is 3.89. The number of methoxy groups -OCH3 is 2. The molecule has 0 fully saturated rings. The molecule has 128 valence electrons. The predicted molar refractivity (Wildman–Crippen MR) is 99.0 cm³/mol. The summed E-state index contributed by atoms with van der Waals surface area (Å²) in [5, 5.41) is 0. The summed E-state index contributed by atoms with van der Waals surface area (Å²) in [7, 11) is 7.29. The average Bonchev–Trinajstić information content (AvgIpc) is 2.45. The van der Waals surface area contributed by atoms with Crippen LogP contribution in [0.2, 0.25) is 0 Å². The lowest BCUT2D eigenvalue weighted by molar-refractivity contribution is 0.219. The summed E-state index contributed by atoms with van der Waals surface area (Å²) in [5.74, 6) is 3.47. The molecule has 0 radical (unpaired) electrons. The fraction of sp³-hybridized carbons (Fsp3) is 1.00. The fourth-order valence-corrected chi connectivity index (χ4v) is 5.62. The van der Waals surface area contributed by atoms with Crippen molar-refractivity contribution < 1.29 is 23.1 Å². The van der Waals surface area contributed by atoms with Crippen molar-refractivity contribution in [2.75, 3.05) is 70.3 Å². The van der Waals surface area contributed by atoms with Crippen LogP contribution < -0.4 is 0 Å². The van der Waals surface area contributed by atoms with E-state index in [1.54, 1.807) is 57.4 Å². The molecule has 0 saturated carbocycles. The smallest absolute Gasteiger partial charge is 0.327 e. The second-order valence-corrected chi connectivity index (χ2v) is 11.2. The van der Waals surface area contributed by atoms with Crippen molar-refractivity contribution >= 4 is 50.8 Å². The van der Waals surface area contributed by atoms with Crippen LogP contribution in [-0.4, -0.2) is 70.3 Å². The van der Waals surface area contributed by atoms with E-state index in [0.29, 0.717) is 13.2 Å². The minimum absolute atomic E-state index is 0.439. The summed E-state index contributed by atoms with van der Waals surface area (Å²) >= 11 is 0. The highest BCUT2D eigenvalue weighted by Crippen LogP contribution is 2.44. The molecule has 0 atom stereocenters. The average molecular weight is 397 g/mol. The van der Waals surface area contributed by atoms with Crippen LogP contribution in [0.25, 0.3) is 0 Å². The quantitative estimate of drug-likeness (QED) is 0.220. The van der Waals surface area contributed by atoms with Crippen molar-refractivity contribution in [3.63, 3.8) is 0 Å². The van der Waals surface area contributed by atoms with Crippen LogP contribution in [-0.2, 0) is 23.1 Å². The number of ether oxygens (including phenoxy) is 2. The molecule has 5 nitrogen and oxygen atoms in total. The second-order valence-electron chi connectivity index (χ2n) is 3.71. The first-order valence-electron chi connectivity index (χ1n) is 6.45. The molecule has 0 spiro atoms. The molecule has 0 N–H and O–H groups in total. The molecule has 10 heteroatoms. The van der Waals surface area contributed by atoms with Gasteiger partial charge in [0.15, 0.2) is 0 Å². The standard InChI is InChI=1S/C11H25O5PS4/c1-13-4-8-18-20-10-6-15-17(3,12)16-7-11-21-19-9-5-14-2/h4-11H2,1-3H3. The van der Waals surface area contributed by atoms with Gasteiger partial charge in [-0.3, -0.25) is 4.57 Å². The SMILES string of the molecule is COCCSSCCOP(C)(=O)OCCSSCCOC. The minimum atomic E-state index is -2.91. The topological polar surface area (TPSA) is 54.0 Å². The van der Waals surface area contributed by atoms with E-state index in [4.69, 9.17) is 18.5 Å². The van der Waals surface area contributed by atoms with E-state index in [1.807, 2.05) is 0 Å². The van der Waals surface area contributed by atoms with Gasteiger partial charge in [-0.05, 0) is 0 Å². The highest BCUT2D eigenvalue weighted by Gasteiger charge is 2.16. The Kier molecular flexibility index (Phi) is 17.5. The van der Waals surface area contributed by atoms with Gasteiger partial charge in [0.1, 0.15) is 0 Å². The van der Waals surface area contributed by atoms with Gasteiger partial charge >= 0.3 is 7.60 Å². The molecule has 0 heterocycles. The zero-order valence-electron chi connectivity index (χ0n) is 12.8. The summed E-state index contributed by atoms with van der Waals surface area (Å²) in [4.78, 5) is 0. The van der Waals surface area contributed by atoms with Gasteiger partial charge in [-0.2, -0.15) is 0 Å². The van der Waals surface area contributed by atoms with Crippen LogP contribution in [0.5, 0.6) is 0 Å². The van der Waals surface area contributed by atoms with E-state index in [2.05, 4.69) is 0 Å². The Morgan fingerprint density at radius 1 is 0.714 bits per heavy atom. The monoisotopic (exact) mass is 396 g/mol. The Bertz CT molecular complexity index is 251. The van der Waals surface area contributed by atoms with Crippen molar-refractivity contribution in [1.29, 1.82) is 0 Å². The normalized spacial score (nSPS) is 12.0. The van der Waals surface area contributed by atoms with E-state index in [-0.39, 0.29) is 0 Å². The summed E-state index contributed by atoms with van der Waals surface area (Å²) in [5.41, 5.74) is 0. The van der Waals surface area contributed by atoms with Gasteiger partial charge in [0.2, 0.25) is 0 Å². The van der Waals surface area contributed by atoms with Crippen LogP contribution >= 0.6 is 50.8 Å². The second kappa shape index (κ2) is 16.3. The largest absolute Gasteiger partial charge is 0.384 e. The van der Waals surface area contributed by atoms with Gasteiger partial charge in [0.05, 0.1) is 26.4 Å². The summed E-state index contributed by atoms with van der Waals surface area (Å²) in [6.07, 6.45) is 0. The van der Waals surface area contributed by atoms with Crippen LogP contribution in [0.4, 0.5) is 0 Å². The van der Waals surface area contributed by atoms with Crippen LogP contribution in [0.3, 0.4) is 0 Å². The predicted octanol–water partition coefficient (Wildman–Crippen LogP) is 3.90. The molecular formula is C11H25O5PS4. The van der Waals surface area contributed by atoms with Crippen molar-refractivity contribution in [3.8, 4) is 0 Å². The third kappa shape index (κ3) is 17.7. The molecule has 0 aliphatic heterocycles. The Labute approximate surface area is 144 Å². The van der Waals surface area contributed by atoms with Crippen molar-refractivity contribution in [3.05, 3.63) is 0 Å². The summed E-state index contributed by atoms with van der Waals surface area (Å²) < 4.78 is 32.5. The fourth-order valence-electron chi connectivity index (χ4n) is 0.982. The molecule has 0 aromatic heterocycles. The Balaban J connectivity index is 3.37. The lowest BCUT2D eigenvalue weighted by Crippen LogP contribution is -2.01. The first-order chi connectivity index (χ1) is 10.1. The first kappa shape index (κ1) is 22.5. The van der Waals surface area contributed by atoms with Gasteiger partial charge in [0, 0.05) is 43.9 Å².